The van der Waals surface area contributed by atoms with E-state index in [-0.39, 0.29) is 28.4 Å². The van der Waals surface area contributed by atoms with Gasteiger partial charge in [0.2, 0.25) is 15.7 Å². The third-order valence-electron chi connectivity index (χ3n) is 4.93. The van der Waals surface area contributed by atoms with E-state index in [1.807, 2.05) is 0 Å². The second-order valence-electron chi connectivity index (χ2n) is 6.93. The summed E-state index contributed by atoms with van der Waals surface area (Å²) in [5.74, 6) is -2.00. The van der Waals surface area contributed by atoms with Crippen LogP contribution >= 0.6 is 0 Å². The number of fused-ring (bicyclic) bond motifs is 1. The molecule has 3 aromatic carbocycles. The van der Waals surface area contributed by atoms with Crippen LogP contribution in [0, 0.1) is 11.6 Å². The summed E-state index contributed by atoms with van der Waals surface area (Å²) >= 11 is 0. The number of hydrogen-bond donors (Lipinski definition) is 1. The van der Waals surface area contributed by atoms with Gasteiger partial charge in [0.05, 0.1) is 9.79 Å². The molecule has 0 radical (unpaired) electrons. The fourth-order valence-corrected chi connectivity index (χ4v) is 4.88. The fourth-order valence-electron chi connectivity index (χ4n) is 3.38. The number of nitrogens with one attached hydrogen (secondary N) is 1. The Morgan fingerprint density at radius 2 is 1.52 bits per heavy atom. The van der Waals surface area contributed by atoms with Crippen molar-refractivity contribution in [2.75, 3.05) is 0 Å². The molecule has 0 fully saturated rings. The molecule has 1 amide bonds. The molecule has 0 unspecified atom stereocenters. The van der Waals surface area contributed by atoms with Crippen molar-refractivity contribution in [2.24, 2.45) is 0 Å². The van der Waals surface area contributed by atoms with Crippen LogP contribution < -0.4 is 5.32 Å². The molecular weight excluding hydrogens is 422 g/mol. The lowest BCUT2D eigenvalue weighted by molar-refractivity contribution is -0.121. The minimum absolute atomic E-state index is 0.0854. The third-order valence-corrected chi connectivity index (χ3v) is 6.73. The largest absolute Gasteiger partial charge is 0.350 e. The average molecular weight is 440 g/mol. The molecule has 31 heavy (non-hydrogen) atoms. The van der Waals surface area contributed by atoms with E-state index in [4.69, 9.17) is 0 Å². The maximum absolute atomic E-state index is 13.8. The number of nitrogens with zero attached hydrogens (tertiary/aromatic N) is 1. The van der Waals surface area contributed by atoms with Gasteiger partial charge in [0, 0.05) is 29.2 Å². The van der Waals surface area contributed by atoms with Crippen molar-refractivity contribution in [1.82, 2.24) is 9.88 Å². The van der Waals surface area contributed by atoms with E-state index in [9.17, 15) is 22.0 Å². The number of hydrogen-bond acceptors (Lipinski definition) is 3. The second kappa shape index (κ2) is 8.31. The maximum Gasteiger partial charge on any atom is 0.240 e. The highest BCUT2D eigenvalue weighted by atomic mass is 32.2. The van der Waals surface area contributed by atoms with Crippen molar-refractivity contribution in [2.45, 2.75) is 22.9 Å². The zero-order valence-corrected chi connectivity index (χ0v) is 17.1. The van der Waals surface area contributed by atoms with Crippen LogP contribution in [-0.4, -0.2) is 18.9 Å². The minimum atomic E-state index is -3.80. The Kier molecular flexibility index (Phi) is 5.56. The smallest absolute Gasteiger partial charge is 0.240 e. The highest BCUT2D eigenvalue weighted by Gasteiger charge is 2.23. The summed E-state index contributed by atoms with van der Waals surface area (Å²) < 4.78 is 55.3. The molecule has 1 N–H and O–H groups in total. The first-order valence-corrected chi connectivity index (χ1v) is 10.9. The van der Waals surface area contributed by atoms with Gasteiger partial charge in [0.1, 0.15) is 18.2 Å². The predicted octanol–water partition coefficient (Wildman–Crippen LogP) is 4.07. The fraction of sp³-hybridized carbons (Fsp3) is 0.0870. The monoisotopic (exact) mass is 440 g/mol. The molecule has 1 aromatic heterocycles. The van der Waals surface area contributed by atoms with E-state index < -0.39 is 27.4 Å². The number of carbonyl (C=O) groups is 1. The van der Waals surface area contributed by atoms with Crippen molar-refractivity contribution in [1.29, 1.82) is 0 Å². The van der Waals surface area contributed by atoms with Crippen molar-refractivity contribution in [3.05, 3.63) is 96.2 Å². The van der Waals surface area contributed by atoms with E-state index >= 15 is 0 Å². The lowest BCUT2D eigenvalue weighted by atomic mass is 10.2. The Morgan fingerprint density at radius 1 is 0.871 bits per heavy atom. The molecule has 0 spiro atoms. The summed E-state index contributed by atoms with van der Waals surface area (Å²) in [5.41, 5.74) is 0.324. The molecule has 0 aliphatic heterocycles. The number of sulfone groups is 1. The van der Waals surface area contributed by atoms with Crippen LogP contribution in [0.1, 0.15) is 5.56 Å². The molecule has 0 saturated carbocycles. The van der Waals surface area contributed by atoms with E-state index in [0.717, 1.165) is 12.1 Å². The molecular formula is C23H18F2N2O3S. The standard InChI is InChI=1S/C23H18F2N2O3S/c24-19-10-6-11-20(25)18(19)13-26-23(28)15-27-14-22(17-9-4-5-12-21(17)27)31(29,30)16-7-2-1-3-8-16/h1-12,14H,13,15H2,(H,26,28). The maximum atomic E-state index is 13.8. The molecule has 0 aliphatic carbocycles. The van der Waals surface area contributed by atoms with Gasteiger partial charge in [-0.3, -0.25) is 4.79 Å². The van der Waals surface area contributed by atoms with Crippen molar-refractivity contribution in [3.8, 4) is 0 Å². The van der Waals surface area contributed by atoms with Crippen LogP contribution in [-0.2, 0) is 27.7 Å². The van der Waals surface area contributed by atoms with E-state index in [2.05, 4.69) is 5.32 Å². The van der Waals surface area contributed by atoms with Gasteiger partial charge < -0.3 is 9.88 Å². The van der Waals surface area contributed by atoms with Crippen LogP contribution in [0.25, 0.3) is 10.9 Å². The average Bonchev–Trinajstić information content (AvgIpc) is 3.13. The van der Waals surface area contributed by atoms with Gasteiger partial charge in [-0.2, -0.15) is 0 Å². The number of aromatic nitrogens is 1. The van der Waals surface area contributed by atoms with Gasteiger partial charge in [-0.05, 0) is 30.3 Å². The van der Waals surface area contributed by atoms with Crippen LogP contribution in [0.4, 0.5) is 8.78 Å². The van der Waals surface area contributed by atoms with E-state index in [0.29, 0.717) is 10.9 Å². The molecule has 8 heteroatoms. The number of benzene rings is 3. The summed E-state index contributed by atoms with van der Waals surface area (Å²) in [4.78, 5) is 12.7. The number of amides is 1. The molecule has 5 nitrogen and oxygen atoms in total. The summed E-state index contributed by atoms with van der Waals surface area (Å²) in [5, 5.41) is 2.97. The summed E-state index contributed by atoms with van der Waals surface area (Å²) in [7, 11) is -3.80. The summed E-state index contributed by atoms with van der Waals surface area (Å²) in [6.45, 7) is -0.521. The highest BCUT2D eigenvalue weighted by Crippen LogP contribution is 2.30. The van der Waals surface area contributed by atoms with Crippen molar-refractivity contribution in [3.63, 3.8) is 0 Å². The highest BCUT2D eigenvalue weighted by molar-refractivity contribution is 7.91. The van der Waals surface area contributed by atoms with Gasteiger partial charge in [0.15, 0.2) is 0 Å². The zero-order chi connectivity index (χ0) is 22.0. The number of para-hydroxylation sites is 1. The number of halogens is 2. The Bertz CT molecular complexity index is 1350. The van der Waals surface area contributed by atoms with Crippen LogP contribution in [0.15, 0.2) is 88.8 Å². The SMILES string of the molecule is O=C(Cn1cc(S(=O)(=O)c2ccccc2)c2ccccc21)NCc1c(F)cccc1F. The van der Waals surface area contributed by atoms with Gasteiger partial charge in [-0.25, -0.2) is 17.2 Å². The first kappa shape index (κ1) is 20.7. The Hall–Kier alpha value is -3.52. The summed E-state index contributed by atoms with van der Waals surface area (Å²) in [6, 6.07) is 18.4. The molecule has 158 valence electrons. The lowest BCUT2D eigenvalue weighted by Gasteiger charge is -2.09. The first-order valence-electron chi connectivity index (χ1n) is 9.45. The van der Waals surface area contributed by atoms with Gasteiger partial charge in [-0.15, -0.1) is 0 Å². The predicted molar refractivity (Wildman–Crippen MR) is 112 cm³/mol. The first-order chi connectivity index (χ1) is 14.9. The second-order valence-corrected chi connectivity index (χ2v) is 8.85. The molecule has 0 bridgehead atoms. The lowest BCUT2D eigenvalue weighted by Crippen LogP contribution is -2.27. The van der Waals surface area contributed by atoms with E-state index in [1.165, 1.54) is 29.0 Å². The zero-order valence-electron chi connectivity index (χ0n) is 16.3. The van der Waals surface area contributed by atoms with E-state index in [1.54, 1.807) is 42.5 Å². The van der Waals surface area contributed by atoms with Crippen molar-refractivity contribution >= 4 is 26.6 Å². The van der Waals surface area contributed by atoms with Crippen LogP contribution in [0.2, 0.25) is 0 Å². The molecule has 4 aromatic rings. The minimum Gasteiger partial charge on any atom is -0.350 e. The molecule has 1 heterocycles. The summed E-state index contributed by atoms with van der Waals surface area (Å²) in [6.07, 6.45) is 1.41. The quantitative estimate of drug-likeness (QED) is 0.492. The Morgan fingerprint density at radius 3 is 2.23 bits per heavy atom. The Balaban J connectivity index is 1.63. The number of rotatable bonds is 6. The molecule has 0 aliphatic rings. The van der Waals surface area contributed by atoms with Gasteiger partial charge >= 0.3 is 0 Å². The topological polar surface area (TPSA) is 68.2 Å². The van der Waals surface area contributed by atoms with Crippen LogP contribution in [0.5, 0.6) is 0 Å². The van der Waals surface area contributed by atoms with Crippen molar-refractivity contribution < 1.29 is 22.0 Å². The van der Waals surface area contributed by atoms with Gasteiger partial charge in [0.25, 0.3) is 0 Å². The molecule has 0 saturated heterocycles. The number of carbonyl (C=O) groups excluding carboxylic acids is 1. The normalized spacial score (nSPS) is 11.5. The third kappa shape index (κ3) is 4.06. The van der Waals surface area contributed by atoms with Gasteiger partial charge in [-0.1, -0.05) is 42.5 Å². The Labute approximate surface area is 177 Å². The van der Waals surface area contributed by atoms with Crippen LogP contribution in [0.3, 0.4) is 0 Å². The molecule has 0 atom stereocenters. The molecule has 4 rings (SSSR count).